The third kappa shape index (κ3) is 3.24. The summed E-state index contributed by atoms with van der Waals surface area (Å²) in [6.07, 6.45) is -0.579. The predicted molar refractivity (Wildman–Crippen MR) is 61.9 cm³/mol. The van der Waals surface area contributed by atoms with Gasteiger partial charge in [-0.05, 0) is 12.1 Å². The van der Waals surface area contributed by atoms with Crippen LogP contribution in [0.2, 0.25) is 0 Å². The summed E-state index contributed by atoms with van der Waals surface area (Å²) in [7, 11) is 1.27. The van der Waals surface area contributed by atoms with Crippen LogP contribution in [0.4, 0.5) is 10.5 Å². The van der Waals surface area contributed by atoms with E-state index in [0.717, 1.165) is 0 Å². The average Bonchev–Trinajstić information content (AvgIpc) is 2.35. The van der Waals surface area contributed by atoms with Crippen LogP contribution in [0.15, 0.2) is 30.3 Å². The van der Waals surface area contributed by atoms with E-state index in [1.807, 2.05) is 6.07 Å². The Bertz CT molecular complexity index is 367. The summed E-state index contributed by atoms with van der Waals surface area (Å²) in [5.74, 6) is -0.365. The van der Waals surface area contributed by atoms with E-state index in [2.05, 4.69) is 4.74 Å². The van der Waals surface area contributed by atoms with Crippen LogP contribution >= 0.6 is 11.6 Å². The van der Waals surface area contributed by atoms with Crippen molar-refractivity contribution in [3.63, 3.8) is 0 Å². The van der Waals surface area contributed by atoms with Gasteiger partial charge >= 0.3 is 6.09 Å². The van der Waals surface area contributed by atoms with Crippen molar-refractivity contribution in [3.8, 4) is 0 Å². The molecule has 86 valence electrons. The molecule has 16 heavy (non-hydrogen) atoms. The quantitative estimate of drug-likeness (QED) is 0.758. The number of carbonyl (C=O) groups excluding carboxylic acids is 2. The molecule has 0 aliphatic heterocycles. The molecule has 0 fully saturated rings. The van der Waals surface area contributed by atoms with Crippen molar-refractivity contribution >= 4 is 29.2 Å². The number of carbonyl (C=O) groups is 2. The highest BCUT2D eigenvalue weighted by Gasteiger charge is 2.18. The molecule has 0 bridgehead atoms. The van der Waals surface area contributed by atoms with Crippen LogP contribution < -0.4 is 4.90 Å². The normalized spacial score (nSPS) is 9.62. The Labute approximate surface area is 98.8 Å². The van der Waals surface area contributed by atoms with Crippen LogP contribution in [0.5, 0.6) is 0 Å². The van der Waals surface area contributed by atoms with Gasteiger partial charge in [0.05, 0.1) is 19.5 Å². The van der Waals surface area contributed by atoms with Gasteiger partial charge in [-0.2, -0.15) is 0 Å². The summed E-state index contributed by atoms with van der Waals surface area (Å²) in [6.45, 7) is -0.0831. The lowest BCUT2D eigenvalue weighted by Crippen LogP contribution is -2.36. The van der Waals surface area contributed by atoms with Gasteiger partial charge in [0.15, 0.2) is 5.78 Å². The number of para-hydroxylation sites is 1. The monoisotopic (exact) mass is 241 g/mol. The molecule has 1 amide bonds. The van der Waals surface area contributed by atoms with E-state index in [4.69, 9.17) is 11.6 Å². The zero-order chi connectivity index (χ0) is 12.0. The molecule has 1 aromatic carbocycles. The first-order valence-corrected chi connectivity index (χ1v) is 5.20. The smallest absolute Gasteiger partial charge is 0.414 e. The molecule has 1 rings (SSSR count). The van der Waals surface area contributed by atoms with E-state index in [9.17, 15) is 9.59 Å². The van der Waals surface area contributed by atoms with Crippen molar-refractivity contribution in [1.29, 1.82) is 0 Å². The van der Waals surface area contributed by atoms with E-state index in [1.54, 1.807) is 24.3 Å². The molecular formula is C11H12ClNO3. The van der Waals surface area contributed by atoms with Gasteiger partial charge in [0.1, 0.15) is 0 Å². The first kappa shape index (κ1) is 12.5. The summed E-state index contributed by atoms with van der Waals surface area (Å²) in [6, 6.07) is 8.81. The van der Waals surface area contributed by atoms with Crippen LogP contribution in [0, 0.1) is 0 Å². The second-order valence-corrected chi connectivity index (χ2v) is 3.33. The number of hydrogen-bond donors (Lipinski definition) is 0. The third-order valence-electron chi connectivity index (χ3n) is 1.95. The molecule has 0 radical (unpaired) electrons. The fraction of sp³-hybridized carbons (Fsp3) is 0.273. The second-order valence-electron chi connectivity index (χ2n) is 3.06. The standard InChI is InChI=1S/C11H12ClNO3/c1-16-11(15)13(8-10(14)7-12)9-5-3-2-4-6-9/h2-6H,7-8H2,1H3. The minimum absolute atomic E-state index is 0.0831. The Hall–Kier alpha value is -1.55. The number of anilines is 1. The van der Waals surface area contributed by atoms with Gasteiger partial charge in [-0.3, -0.25) is 9.69 Å². The summed E-state index contributed by atoms with van der Waals surface area (Å²) >= 11 is 5.40. The van der Waals surface area contributed by atoms with Crippen molar-refractivity contribution in [3.05, 3.63) is 30.3 Å². The zero-order valence-electron chi connectivity index (χ0n) is 8.85. The average molecular weight is 242 g/mol. The number of ketones is 1. The lowest BCUT2D eigenvalue weighted by molar-refractivity contribution is -0.115. The Kier molecular flexibility index (Phi) is 4.79. The van der Waals surface area contributed by atoms with E-state index >= 15 is 0 Å². The Morgan fingerprint density at radius 2 is 1.94 bits per heavy atom. The number of alkyl halides is 1. The number of benzene rings is 1. The molecular weight excluding hydrogens is 230 g/mol. The predicted octanol–water partition coefficient (Wildman–Crippen LogP) is 2.07. The number of halogens is 1. The van der Waals surface area contributed by atoms with E-state index in [0.29, 0.717) is 5.69 Å². The first-order chi connectivity index (χ1) is 7.69. The highest BCUT2D eigenvalue weighted by atomic mass is 35.5. The number of nitrogens with zero attached hydrogens (tertiary/aromatic N) is 1. The summed E-state index contributed by atoms with van der Waals surface area (Å²) in [5.41, 5.74) is 0.604. The molecule has 1 aromatic rings. The molecule has 0 aliphatic rings. The maximum Gasteiger partial charge on any atom is 0.414 e. The van der Waals surface area contributed by atoms with Gasteiger partial charge < -0.3 is 4.74 Å². The molecule has 0 saturated heterocycles. The molecule has 0 saturated carbocycles. The molecule has 5 heteroatoms. The highest BCUT2D eigenvalue weighted by Crippen LogP contribution is 2.14. The maximum absolute atomic E-state index is 11.5. The van der Waals surface area contributed by atoms with Crippen molar-refractivity contribution in [2.45, 2.75) is 0 Å². The summed E-state index contributed by atoms with van der Waals surface area (Å²) in [5, 5.41) is 0. The Balaban J connectivity index is 2.88. The van der Waals surface area contributed by atoms with Crippen molar-refractivity contribution in [1.82, 2.24) is 0 Å². The number of methoxy groups -OCH3 is 1. The van der Waals surface area contributed by atoms with Crippen molar-refractivity contribution < 1.29 is 14.3 Å². The highest BCUT2D eigenvalue weighted by molar-refractivity contribution is 6.28. The van der Waals surface area contributed by atoms with Crippen molar-refractivity contribution in [2.75, 3.05) is 24.4 Å². The van der Waals surface area contributed by atoms with Crippen LogP contribution in [-0.4, -0.2) is 31.4 Å². The molecule has 0 heterocycles. The maximum atomic E-state index is 11.5. The van der Waals surface area contributed by atoms with Gasteiger partial charge in [-0.15, -0.1) is 11.6 Å². The zero-order valence-corrected chi connectivity index (χ0v) is 9.61. The van der Waals surface area contributed by atoms with Gasteiger partial charge in [-0.25, -0.2) is 4.79 Å². The third-order valence-corrected chi connectivity index (χ3v) is 2.24. The molecule has 0 N–H and O–H groups in total. The Morgan fingerprint density at radius 1 is 1.31 bits per heavy atom. The molecule has 0 spiro atoms. The molecule has 0 aliphatic carbocycles. The lowest BCUT2D eigenvalue weighted by Gasteiger charge is -2.19. The molecule has 0 aromatic heterocycles. The van der Waals surface area contributed by atoms with Crippen molar-refractivity contribution in [2.24, 2.45) is 0 Å². The van der Waals surface area contributed by atoms with Crippen LogP contribution in [0.1, 0.15) is 0 Å². The minimum atomic E-state index is -0.579. The Morgan fingerprint density at radius 3 is 2.44 bits per heavy atom. The van der Waals surface area contributed by atoms with Gasteiger partial charge in [0.2, 0.25) is 0 Å². The van der Waals surface area contributed by atoms with Gasteiger partial charge in [0, 0.05) is 5.69 Å². The number of ether oxygens (including phenoxy) is 1. The molecule has 0 atom stereocenters. The topological polar surface area (TPSA) is 46.6 Å². The number of rotatable bonds is 4. The minimum Gasteiger partial charge on any atom is -0.452 e. The first-order valence-electron chi connectivity index (χ1n) is 4.67. The van der Waals surface area contributed by atoms with Crippen LogP contribution in [-0.2, 0) is 9.53 Å². The second kappa shape index (κ2) is 6.12. The SMILES string of the molecule is COC(=O)N(CC(=O)CCl)c1ccccc1. The largest absolute Gasteiger partial charge is 0.452 e. The molecule has 0 unspecified atom stereocenters. The summed E-state index contributed by atoms with van der Waals surface area (Å²) in [4.78, 5) is 23.9. The van der Waals surface area contributed by atoms with Gasteiger partial charge in [-0.1, -0.05) is 18.2 Å². The fourth-order valence-electron chi connectivity index (χ4n) is 1.20. The lowest BCUT2D eigenvalue weighted by atomic mass is 10.3. The number of Topliss-reactive ketones (excluding diaryl/α,β-unsaturated/α-hetero) is 1. The summed E-state index contributed by atoms with van der Waals surface area (Å²) < 4.78 is 4.60. The van der Waals surface area contributed by atoms with E-state index < -0.39 is 6.09 Å². The van der Waals surface area contributed by atoms with Crippen LogP contribution in [0.25, 0.3) is 0 Å². The van der Waals surface area contributed by atoms with Crippen LogP contribution in [0.3, 0.4) is 0 Å². The van der Waals surface area contributed by atoms with Gasteiger partial charge in [0.25, 0.3) is 0 Å². The van der Waals surface area contributed by atoms with E-state index in [-0.39, 0.29) is 18.2 Å². The fourth-order valence-corrected chi connectivity index (χ4v) is 1.28. The number of amides is 1. The molecule has 4 nitrogen and oxygen atoms in total. The number of hydrogen-bond acceptors (Lipinski definition) is 3. The van der Waals surface area contributed by atoms with E-state index in [1.165, 1.54) is 12.0 Å².